The van der Waals surface area contributed by atoms with Crippen molar-refractivity contribution in [3.8, 4) is 0 Å². The lowest BCUT2D eigenvalue weighted by Gasteiger charge is -2.30. The molecule has 0 radical (unpaired) electrons. The van der Waals surface area contributed by atoms with E-state index in [9.17, 15) is 0 Å². The number of anilines is 1. The van der Waals surface area contributed by atoms with Crippen LogP contribution < -0.4 is 4.90 Å². The molecule has 118 valence electrons. The molecule has 2 rings (SSSR count). The molecule has 1 saturated heterocycles. The molecule has 1 atom stereocenters. The van der Waals surface area contributed by atoms with Crippen molar-refractivity contribution in [2.24, 2.45) is 0 Å². The minimum Gasteiger partial charge on any atom is -0.378 e. The molecule has 0 N–H and O–H groups in total. The Hall–Kier alpha value is -1.16. The van der Waals surface area contributed by atoms with E-state index in [1.54, 1.807) is 7.11 Å². The topological polar surface area (TPSA) is 38.2 Å². The second-order valence-electron chi connectivity index (χ2n) is 7.12. The van der Waals surface area contributed by atoms with Gasteiger partial charge in [0.1, 0.15) is 11.6 Å². The Morgan fingerprint density at radius 2 is 2.00 bits per heavy atom. The van der Waals surface area contributed by atoms with E-state index < -0.39 is 0 Å². The molecule has 1 aromatic rings. The zero-order valence-corrected chi connectivity index (χ0v) is 14.1. The van der Waals surface area contributed by atoms with Gasteiger partial charge in [0.2, 0.25) is 0 Å². The zero-order valence-electron chi connectivity index (χ0n) is 14.1. The van der Waals surface area contributed by atoms with Crippen molar-refractivity contribution in [3.63, 3.8) is 0 Å². The van der Waals surface area contributed by atoms with Crippen LogP contribution in [0.4, 0.5) is 5.82 Å². The molecular formula is C17H29N3O. The molecule has 0 saturated carbocycles. The van der Waals surface area contributed by atoms with E-state index in [0.29, 0.717) is 12.6 Å². The van der Waals surface area contributed by atoms with Crippen LogP contribution in [-0.4, -0.2) is 29.7 Å². The number of rotatable bonds is 3. The standard InChI is InChI=1S/C17H29N3O/c1-13-9-7-6-8-10-20(13)15-11-14(12-21-5)18-16(19-15)17(2,3)4/h11,13H,6-10,12H2,1-5H3. The van der Waals surface area contributed by atoms with Gasteiger partial charge in [-0.1, -0.05) is 33.6 Å². The number of ether oxygens (including phenoxy) is 1. The van der Waals surface area contributed by atoms with E-state index in [2.05, 4.69) is 43.6 Å². The van der Waals surface area contributed by atoms with Crippen LogP contribution in [0.25, 0.3) is 0 Å². The molecule has 0 bridgehead atoms. The van der Waals surface area contributed by atoms with E-state index >= 15 is 0 Å². The summed E-state index contributed by atoms with van der Waals surface area (Å²) in [6.45, 7) is 10.4. The third-order valence-corrected chi connectivity index (χ3v) is 4.08. The molecule has 1 aliphatic rings. The van der Waals surface area contributed by atoms with Crippen molar-refractivity contribution in [1.82, 2.24) is 9.97 Å². The maximum absolute atomic E-state index is 5.28. The SMILES string of the molecule is COCc1cc(N2CCCCCC2C)nc(C(C)(C)C)n1. The molecule has 0 aromatic carbocycles. The quantitative estimate of drug-likeness (QED) is 0.851. The predicted octanol–water partition coefficient (Wildman–Crippen LogP) is 3.69. The Labute approximate surface area is 128 Å². The van der Waals surface area contributed by atoms with E-state index in [-0.39, 0.29) is 5.41 Å². The van der Waals surface area contributed by atoms with E-state index in [0.717, 1.165) is 23.9 Å². The Kier molecular flexibility index (Phi) is 5.20. The summed E-state index contributed by atoms with van der Waals surface area (Å²) in [5.74, 6) is 1.97. The number of hydrogen-bond acceptors (Lipinski definition) is 4. The molecule has 0 spiro atoms. The lowest BCUT2D eigenvalue weighted by molar-refractivity contribution is 0.181. The highest BCUT2D eigenvalue weighted by Gasteiger charge is 2.23. The van der Waals surface area contributed by atoms with Gasteiger partial charge in [-0.05, 0) is 19.8 Å². The van der Waals surface area contributed by atoms with Crippen molar-refractivity contribution < 1.29 is 4.74 Å². The molecule has 0 amide bonds. The minimum atomic E-state index is -0.0480. The molecule has 4 heteroatoms. The monoisotopic (exact) mass is 291 g/mol. The summed E-state index contributed by atoms with van der Waals surface area (Å²) in [7, 11) is 1.72. The first kappa shape index (κ1) is 16.2. The number of nitrogens with zero attached hydrogens (tertiary/aromatic N) is 3. The molecule has 2 heterocycles. The van der Waals surface area contributed by atoms with Gasteiger partial charge in [0.25, 0.3) is 0 Å². The van der Waals surface area contributed by atoms with Crippen LogP contribution in [0.5, 0.6) is 0 Å². The highest BCUT2D eigenvalue weighted by molar-refractivity contribution is 5.42. The van der Waals surface area contributed by atoms with Gasteiger partial charge in [0.15, 0.2) is 0 Å². The summed E-state index contributed by atoms with van der Waals surface area (Å²) in [6.07, 6.45) is 5.13. The lowest BCUT2D eigenvalue weighted by atomic mass is 9.95. The largest absolute Gasteiger partial charge is 0.378 e. The van der Waals surface area contributed by atoms with Crippen molar-refractivity contribution in [3.05, 3.63) is 17.6 Å². The number of hydrogen-bond donors (Lipinski definition) is 0. The first-order valence-corrected chi connectivity index (χ1v) is 8.06. The van der Waals surface area contributed by atoms with Crippen molar-refractivity contribution in [2.45, 2.75) is 71.4 Å². The number of methoxy groups -OCH3 is 1. The van der Waals surface area contributed by atoms with Gasteiger partial charge in [0.05, 0.1) is 12.3 Å². The van der Waals surface area contributed by atoms with Crippen LogP contribution in [0.2, 0.25) is 0 Å². The fourth-order valence-corrected chi connectivity index (χ4v) is 2.80. The van der Waals surface area contributed by atoms with Crippen LogP contribution in [0.3, 0.4) is 0 Å². The smallest absolute Gasteiger partial charge is 0.136 e. The summed E-state index contributed by atoms with van der Waals surface area (Å²) in [5.41, 5.74) is 0.928. The Bertz CT molecular complexity index is 468. The molecule has 1 aliphatic heterocycles. The normalized spacial score (nSPS) is 20.4. The average Bonchev–Trinajstić information content (AvgIpc) is 2.62. The van der Waals surface area contributed by atoms with Crippen LogP contribution in [0.15, 0.2) is 6.07 Å². The zero-order chi connectivity index (χ0) is 15.5. The highest BCUT2D eigenvalue weighted by atomic mass is 16.5. The van der Waals surface area contributed by atoms with Gasteiger partial charge in [-0.2, -0.15) is 0 Å². The minimum absolute atomic E-state index is 0.0480. The first-order valence-electron chi connectivity index (χ1n) is 8.06. The van der Waals surface area contributed by atoms with Crippen molar-refractivity contribution in [2.75, 3.05) is 18.6 Å². The summed E-state index contributed by atoms with van der Waals surface area (Å²) in [4.78, 5) is 12.0. The Morgan fingerprint density at radius 1 is 1.24 bits per heavy atom. The van der Waals surface area contributed by atoms with E-state index in [4.69, 9.17) is 9.72 Å². The van der Waals surface area contributed by atoms with E-state index in [1.807, 2.05) is 0 Å². The molecule has 1 fully saturated rings. The van der Waals surface area contributed by atoms with Crippen LogP contribution in [-0.2, 0) is 16.8 Å². The summed E-state index contributed by atoms with van der Waals surface area (Å²) in [5, 5.41) is 0. The second-order valence-corrected chi connectivity index (χ2v) is 7.12. The fraction of sp³-hybridized carbons (Fsp3) is 0.765. The molecular weight excluding hydrogens is 262 g/mol. The fourth-order valence-electron chi connectivity index (χ4n) is 2.80. The molecule has 1 unspecified atom stereocenters. The average molecular weight is 291 g/mol. The van der Waals surface area contributed by atoms with E-state index in [1.165, 1.54) is 25.7 Å². The van der Waals surface area contributed by atoms with Gasteiger partial charge in [0, 0.05) is 31.2 Å². The summed E-state index contributed by atoms with van der Waals surface area (Å²) < 4.78 is 5.28. The molecule has 0 aliphatic carbocycles. The molecule has 4 nitrogen and oxygen atoms in total. The first-order chi connectivity index (χ1) is 9.91. The highest BCUT2D eigenvalue weighted by Crippen LogP contribution is 2.26. The third-order valence-electron chi connectivity index (χ3n) is 4.08. The lowest BCUT2D eigenvalue weighted by Crippen LogP contribution is -2.34. The maximum atomic E-state index is 5.28. The van der Waals surface area contributed by atoms with Gasteiger partial charge >= 0.3 is 0 Å². The predicted molar refractivity (Wildman–Crippen MR) is 86.7 cm³/mol. The summed E-state index contributed by atoms with van der Waals surface area (Å²) >= 11 is 0. The molecule has 21 heavy (non-hydrogen) atoms. The molecule has 1 aromatic heterocycles. The van der Waals surface area contributed by atoms with Crippen molar-refractivity contribution >= 4 is 5.82 Å². The summed E-state index contributed by atoms with van der Waals surface area (Å²) in [6, 6.07) is 2.64. The van der Waals surface area contributed by atoms with Gasteiger partial charge in [-0.3, -0.25) is 0 Å². The Morgan fingerprint density at radius 3 is 2.67 bits per heavy atom. The van der Waals surface area contributed by atoms with Crippen LogP contribution in [0, 0.1) is 0 Å². The van der Waals surface area contributed by atoms with Crippen molar-refractivity contribution in [1.29, 1.82) is 0 Å². The number of aromatic nitrogens is 2. The van der Waals surface area contributed by atoms with Gasteiger partial charge in [-0.15, -0.1) is 0 Å². The van der Waals surface area contributed by atoms with Gasteiger partial charge in [-0.25, -0.2) is 9.97 Å². The van der Waals surface area contributed by atoms with Crippen LogP contribution in [0.1, 0.15) is 64.9 Å². The third kappa shape index (κ3) is 4.16. The maximum Gasteiger partial charge on any atom is 0.136 e. The second kappa shape index (κ2) is 6.73. The van der Waals surface area contributed by atoms with Gasteiger partial charge < -0.3 is 9.64 Å². The Balaban J connectivity index is 2.38. The van der Waals surface area contributed by atoms with Crippen LogP contribution >= 0.6 is 0 Å².